The monoisotopic (exact) mass is 442 g/mol. The van der Waals surface area contributed by atoms with Crippen molar-refractivity contribution in [3.05, 3.63) is 102 Å². The van der Waals surface area contributed by atoms with Crippen LogP contribution < -0.4 is 5.32 Å². The predicted octanol–water partition coefficient (Wildman–Crippen LogP) is 6.65. The smallest absolute Gasteiger partial charge is 0.255 e. The Bertz CT molecular complexity index is 1260. The topological polar surface area (TPSA) is 45.5 Å². The van der Waals surface area contributed by atoms with E-state index >= 15 is 0 Å². The first kappa shape index (κ1) is 21.4. The van der Waals surface area contributed by atoms with Gasteiger partial charge in [0.05, 0.1) is 11.7 Å². The van der Waals surface area contributed by atoms with Crippen LogP contribution in [0.15, 0.2) is 83.3 Å². The van der Waals surface area contributed by atoms with Gasteiger partial charge in [-0.15, -0.1) is 0 Å². The number of piperidine rings is 1. The molecule has 2 heterocycles. The Balaban J connectivity index is 1.63. The van der Waals surface area contributed by atoms with Gasteiger partial charge in [-0.3, -0.25) is 9.69 Å². The molecule has 1 aliphatic rings. The number of nitrogens with one attached hydrogen (secondary N) is 1. The van der Waals surface area contributed by atoms with E-state index in [1.807, 2.05) is 48.5 Å². The molecule has 5 heteroatoms. The molecule has 4 aromatic rings. The molecule has 4 nitrogen and oxygen atoms in total. The van der Waals surface area contributed by atoms with Crippen molar-refractivity contribution < 1.29 is 13.6 Å². The average molecular weight is 443 g/mol. The first-order chi connectivity index (χ1) is 16.1. The first-order valence-corrected chi connectivity index (χ1v) is 11.5. The summed E-state index contributed by atoms with van der Waals surface area (Å²) < 4.78 is 20.7. The minimum absolute atomic E-state index is 0.200. The molecule has 1 atom stereocenters. The van der Waals surface area contributed by atoms with Crippen molar-refractivity contribution in [1.29, 1.82) is 0 Å². The van der Waals surface area contributed by atoms with Gasteiger partial charge in [0.2, 0.25) is 0 Å². The quantitative estimate of drug-likeness (QED) is 0.377. The molecule has 0 aliphatic carbocycles. The Kier molecular flexibility index (Phi) is 5.97. The molecule has 0 unspecified atom stereocenters. The molecule has 5 rings (SSSR count). The number of benzene rings is 3. The standard InChI is InChI=1S/C28H27FN2O2/c1-19-14-16-31(17-15-19)26(21-10-7-11-22(29)18-21)27-25(23-12-5-6-13-24(23)33-27)30-28(32)20-8-3-2-4-9-20/h2-13,18-19,26H,14-17H2,1H3,(H,30,32)/t26-/m1/s1. The summed E-state index contributed by atoms with van der Waals surface area (Å²) in [4.78, 5) is 15.5. The number of halogens is 1. The molecule has 1 aromatic heterocycles. The van der Waals surface area contributed by atoms with Gasteiger partial charge in [0.25, 0.3) is 5.91 Å². The maximum Gasteiger partial charge on any atom is 0.255 e. The summed E-state index contributed by atoms with van der Waals surface area (Å²) in [5.74, 6) is 0.811. The molecule has 0 saturated carbocycles. The highest BCUT2D eigenvalue weighted by atomic mass is 19.1. The Labute approximate surface area is 193 Å². The summed E-state index contributed by atoms with van der Waals surface area (Å²) in [7, 11) is 0. The number of hydrogen-bond donors (Lipinski definition) is 1. The van der Waals surface area contributed by atoms with Gasteiger partial charge in [-0.1, -0.05) is 49.4 Å². The fraction of sp³-hybridized carbons (Fsp3) is 0.250. The lowest BCUT2D eigenvalue weighted by atomic mass is 9.94. The van der Waals surface area contributed by atoms with Crippen LogP contribution in [0.25, 0.3) is 11.0 Å². The molecule has 3 aromatic carbocycles. The maximum atomic E-state index is 14.3. The van der Waals surface area contributed by atoms with Gasteiger partial charge in [0, 0.05) is 10.9 Å². The Morgan fingerprint density at radius 1 is 1.00 bits per heavy atom. The lowest BCUT2D eigenvalue weighted by Crippen LogP contribution is -2.37. The molecular weight excluding hydrogens is 415 g/mol. The number of para-hydroxylation sites is 1. The Morgan fingerprint density at radius 3 is 2.48 bits per heavy atom. The van der Waals surface area contributed by atoms with Gasteiger partial charge in [-0.2, -0.15) is 0 Å². The van der Waals surface area contributed by atoms with E-state index in [4.69, 9.17) is 4.42 Å². The average Bonchev–Trinajstić information content (AvgIpc) is 3.19. The Hall–Kier alpha value is -3.44. The number of furan rings is 1. The van der Waals surface area contributed by atoms with Gasteiger partial charge in [-0.05, 0) is 73.8 Å². The SMILES string of the molecule is CC1CCN([C@H](c2cccc(F)c2)c2oc3ccccc3c2NC(=O)c2ccccc2)CC1. The van der Waals surface area contributed by atoms with Crippen LogP contribution in [0.2, 0.25) is 0 Å². The van der Waals surface area contributed by atoms with E-state index < -0.39 is 0 Å². The van der Waals surface area contributed by atoms with Crippen molar-refractivity contribution in [2.24, 2.45) is 5.92 Å². The third-order valence-corrected chi connectivity index (χ3v) is 6.49. The van der Waals surface area contributed by atoms with Crippen LogP contribution in [0, 0.1) is 11.7 Å². The molecule has 168 valence electrons. The summed E-state index contributed by atoms with van der Waals surface area (Å²) in [6.07, 6.45) is 2.13. The fourth-order valence-corrected chi connectivity index (χ4v) is 4.65. The number of rotatable bonds is 5. The van der Waals surface area contributed by atoms with Crippen LogP contribution in [0.3, 0.4) is 0 Å². The Morgan fingerprint density at radius 2 is 1.73 bits per heavy atom. The highest BCUT2D eigenvalue weighted by Gasteiger charge is 2.32. The van der Waals surface area contributed by atoms with Crippen molar-refractivity contribution >= 4 is 22.6 Å². The van der Waals surface area contributed by atoms with Crippen LogP contribution in [-0.4, -0.2) is 23.9 Å². The van der Waals surface area contributed by atoms with Crippen LogP contribution in [0.1, 0.15) is 47.5 Å². The maximum absolute atomic E-state index is 14.3. The number of fused-ring (bicyclic) bond motifs is 1. The van der Waals surface area contributed by atoms with Gasteiger partial charge >= 0.3 is 0 Å². The van der Waals surface area contributed by atoms with Gasteiger partial charge < -0.3 is 9.73 Å². The third-order valence-electron chi connectivity index (χ3n) is 6.49. The van der Waals surface area contributed by atoms with E-state index in [0.29, 0.717) is 28.5 Å². The zero-order valence-electron chi connectivity index (χ0n) is 18.6. The molecule has 0 spiro atoms. The van der Waals surface area contributed by atoms with E-state index in [2.05, 4.69) is 17.1 Å². The molecule has 1 saturated heterocycles. The van der Waals surface area contributed by atoms with Crippen LogP contribution in [-0.2, 0) is 0 Å². The molecular formula is C28H27FN2O2. The first-order valence-electron chi connectivity index (χ1n) is 11.5. The number of anilines is 1. The highest BCUT2D eigenvalue weighted by molar-refractivity contribution is 6.09. The van der Waals surface area contributed by atoms with Crippen molar-refractivity contribution in [2.45, 2.75) is 25.8 Å². The minimum atomic E-state index is -0.299. The lowest BCUT2D eigenvalue weighted by Gasteiger charge is -2.36. The second-order valence-corrected chi connectivity index (χ2v) is 8.83. The molecule has 1 amide bonds. The minimum Gasteiger partial charge on any atom is -0.457 e. The normalized spacial score (nSPS) is 16.1. The van der Waals surface area contributed by atoms with Crippen molar-refractivity contribution in [1.82, 2.24) is 4.90 Å². The van der Waals surface area contributed by atoms with E-state index in [-0.39, 0.29) is 17.8 Å². The van der Waals surface area contributed by atoms with Gasteiger partial charge in [0.15, 0.2) is 0 Å². The second-order valence-electron chi connectivity index (χ2n) is 8.83. The molecule has 0 bridgehead atoms. The van der Waals surface area contributed by atoms with E-state index in [1.54, 1.807) is 24.3 Å². The highest BCUT2D eigenvalue weighted by Crippen LogP contribution is 2.41. The summed E-state index contributed by atoms with van der Waals surface area (Å²) in [5, 5.41) is 3.95. The number of amides is 1. The molecule has 0 radical (unpaired) electrons. The second kappa shape index (κ2) is 9.20. The zero-order valence-corrected chi connectivity index (χ0v) is 18.6. The predicted molar refractivity (Wildman–Crippen MR) is 129 cm³/mol. The van der Waals surface area contributed by atoms with E-state index in [1.165, 1.54) is 6.07 Å². The number of likely N-dealkylation sites (tertiary alicyclic amines) is 1. The van der Waals surface area contributed by atoms with Crippen LogP contribution in [0.4, 0.5) is 10.1 Å². The van der Waals surface area contributed by atoms with E-state index in [9.17, 15) is 9.18 Å². The molecule has 33 heavy (non-hydrogen) atoms. The van der Waals surface area contributed by atoms with Crippen LogP contribution in [0.5, 0.6) is 0 Å². The number of carbonyl (C=O) groups excluding carboxylic acids is 1. The third kappa shape index (κ3) is 4.41. The van der Waals surface area contributed by atoms with Crippen molar-refractivity contribution in [2.75, 3.05) is 18.4 Å². The summed E-state index contributed by atoms with van der Waals surface area (Å²) >= 11 is 0. The van der Waals surface area contributed by atoms with Crippen LogP contribution >= 0.6 is 0 Å². The van der Waals surface area contributed by atoms with E-state index in [0.717, 1.165) is 36.9 Å². The molecule has 1 fully saturated rings. The summed E-state index contributed by atoms with van der Waals surface area (Å²) in [6.45, 7) is 4.03. The summed E-state index contributed by atoms with van der Waals surface area (Å²) in [6, 6.07) is 23.2. The fourth-order valence-electron chi connectivity index (χ4n) is 4.65. The number of nitrogens with zero attached hydrogens (tertiary/aromatic N) is 1. The number of hydrogen-bond acceptors (Lipinski definition) is 3. The van der Waals surface area contributed by atoms with Gasteiger partial charge in [-0.25, -0.2) is 4.39 Å². The lowest BCUT2D eigenvalue weighted by molar-refractivity contribution is 0.102. The van der Waals surface area contributed by atoms with Crippen molar-refractivity contribution in [3.63, 3.8) is 0 Å². The molecule has 1 N–H and O–H groups in total. The van der Waals surface area contributed by atoms with Gasteiger partial charge in [0.1, 0.15) is 17.2 Å². The van der Waals surface area contributed by atoms with Crippen molar-refractivity contribution in [3.8, 4) is 0 Å². The largest absolute Gasteiger partial charge is 0.457 e. The molecule has 1 aliphatic heterocycles. The summed E-state index contributed by atoms with van der Waals surface area (Å²) in [5.41, 5.74) is 2.73. The number of carbonyl (C=O) groups is 1. The zero-order chi connectivity index (χ0) is 22.8.